The highest BCUT2D eigenvalue weighted by Crippen LogP contribution is 2.28. The lowest BCUT2D eigenvalue weighted by Crippen LogP contribution is -2.46. The summed E-state index contributed by atoms with van der Waals surface area (Å²) < 4.78 is 11.4. The lowest BCUT2D eigenvalue weighted by Gasteiger charge is -2.36. The lowest BCUT2D eigenvalue weighted by atomic mass is 9.98. The summed E-state index contributed by atoms with van der Waals surface area (Å²) in [6.45, 7) is 5.09. The van der Waals surface area contributed by atoms with Crippen LogP contribution >= 0.6 is 0 Å². The number of methoxy groups -OCH3 is 1. The molecule has 2 unspecified atom stereocenters. The molecule has 0 radical (unpaired) electrons. The lowest BCUT2D eigenvalue weighted by molar-refractivity contribution is 0.0656. The van der Waals surface area contributed by atoms with Crippen LogP contribution in [0.3, 0.4) is 0 Å². The van der Waals surface area contributed by atoms with Gasteiger partial charge < -0.3 is 14.8 Å². The number of hydrogen-bond donors (Lipinski definition) is 1. The summed E-state index contributed by atoms with van der Waals surface area (Å²) in [6, 6.07) is 8.17. The summed E-state index contributed by atoms with van der Waals surface area (Å²) in [5, 5.41) is 3.46. The minimum absolute atomic E-state index is 0.242. The van der Waals surface area contributed by atoms with E-state index >= 15 is 0 Å². The van der Waals surface area contributed by atoms with Gasteiger partial charge in [-0.2, -0.15) is 0 Å². The maximum Gasteiger partial charge on any atom is 0.142 e. The fourth-order valence-electron chi connectivity index (χ4n) is 3.24. The van der Waals surface area contributed by atoms with Crippen LogP contribution in [-0.4, -0.2) is 50.9 Å². The summed E-state index contributed by atoms with van der Waals surface area (Å²) in [6.07, 6.45) is 2.80. The highest BCUT2D eigenvalue weighted by atomic mass is 16.5. The second-order valence-corrected chi connectivity index (χ2v) is 5.84. The van der Waals surface area contributed by atoms with Gasteiger partial charge in [0.05, 0.1) is 18.8 Å². The van der Waals surface area contributed by atoms with Crippen LogP contribution in [0.4, 0.5) is 5.69 Å². The third-order valence-electron chi connectivity index (χ3n) is 4.17. The molecule has 20 heavy (non-hydrogen) atoms. The number of likely N-dealkylation sites (tertiary alicyclic amines) is 1. The summed E-state index contributed by atoms with van der Waals surface area (Å²) in [5.74, 6) is 1.66. The SMILES string of the molecule is COCC1CCCN(CC2CNc3ccccc3O2)C1. The molecule has 3 rings (SSSR count). The van der Waals surface area contributed by atoms with Crippen LogP contribution in [0.2, 0.25) is 0 Å². The number of piperidine rings is 1. The number of hydrogen-bond acceptors (Lipinski definition) is 4. The largest absolute Gasteiger partial charge is 0.485 e. The van der Waals surface area contributed by atoms with Crippen LogP contribution in [0.5, 0.6) is 5.75 Å². The summed E-state index contributed by atoms with van der Waals surface area (Å²) >= 11 is 0. The molecule has 4 heteroatoms. The predicted molar refractivity (Wildman–Crippen MR) is 80.4 cm³/mol. The Bertz CT molecular complexity index is 436. The van der Waals surface area contributed by atoms with E-state index < -0.39 is 0 Å². The molecule has 2 aliphatic heterocycles. The maximum atomic E-state index is 6.09. The molecule has 0 saturated carbocycles. The van der Waals surface area contributed by atoms with E-state index in [1.165, 1.54) is 19.4 Å². The van der Waals surface area contributed by atoms with Gasteiger partial charge in [-0.25, -0.2) is 0 Å². The molecular formula is C16H24N2O2. The summed E-state index contributed by atoms with van der Waals surface area (Å²) in [7, 11) is 1.80. The van der Waals surface area contributed by atoms with E-state index in [9.17, 15) is 0 Å². The van der Waals surface area contributed by atoms with Crippen molar-refractivity contribution in [3.63, 3.8) is 0 Å². The van der Waals surface area contributed by atoms with Gasteiger partial charge in [0, 0.05) is 20.2 Å². The molecule has 0 aromatic heterocycles. The standard InChI is InChI=1S/C16H24N2O2/c1-19-12-13-5-4-8-18(10-13)11-14-9-17-15-6-2-3-7-16(15)20-14/h2-3,6-7,13-14,17H,4-5,8-12H2,1H3. The third-order valence-corrected chi connectivity index (χ3v) is 4.17. The number of ether oxygens (including phenoxy) is 2. The summed E-state index contributed by atoms with van der Waals surface area (Å²) in [4.78, 5) is 2.52. The average Bonchev–Trinajstić information content (AvgIpc) is 2.48. The zero-order valence-corrected chi connectivity index (χ0v) is 12.2. The van der Waals surface area contributed by atoms with Gasteiger partial charge in [-0.05, 0) is 37.4 Å². The third kappa shape index (κ3) is 3.25. The van der Waals surface area contributed by atoms with E-state index in [1.54, 1.807) is 7.11 Å². The molecule has 1 aromatic carbocycles. The van der Waals surface area contributed by atoms with Gasteiger partial charge in [-0.15, -0.1) is 0 Å². The van der Waals surface area contributed by atoms with Crippen molar-refractivity contribution in [1.29, 1.82) is 0 Å². The minimum Gasteiger partial charge on any atom is -0.485 e. The van der Waals surface area contributed by atoms with Gasteiger partial charge in [0.15, 0.2) is 0 Å². The number of benzene rings is 1. The van der Waals surface area contributed by atoms with Crippen molar-refractivity contribution in [1.82, 2.24) is 4.90 Å². The second kappa shape index (κ2) is 6.46. The van der Waals surface area contributed by atoms with Crippen molar-refractivity contribution in [3.05, 3.63) is 24.3 Å². The van der Waals surface area contributed by atoms with Gasteiger partial charge >= 0.3 is 0 Å². The van der Waals surface area contributed by atoms with Gasteiger partial charge in [-0.3, -0.25) is 4.90 Å². The Labute approximate surface area is 121 Å². The van der Waals surface area contributed by atoms with Crippen LogP contribution in [-0.2, 0) is 4.74 Å². The number of para-hydroxylation sites is 2. The van der Waals surface area contributed by atoms with Crippen molar-refractivity contribution >= 4 is 5.69 Å². The van der Waals surface area contributed by atoms with Gasteiger partial charge in [-0.1, -0.05) is 12.1 Å². The molecule has 4 nitrogen and oxygen atoms in total. The Morgan fingerprint density at radius 1 is 1.40 bits per heavy atom. The van der Waals surface area contributed by atoms with Crippen molar-refractivity contribution in [2.75, 3.05) is 45.2 Å². The number of anilines is 1. The molecule has 0 spiro atoms. The molecule has 1 N–H and O–H groups in total. The van der Waals surface area contributed by atoms with Crippen molar-refractivity contribution in [2.24, 2.45) is 5.92 Å². The molecule has 1 aromatic rings. The molecule has 1 saturated heterocycles. The first-order valence-corrected chi connectivity index (χ1v) is 7.56. The number of rotatable bonds is 4. The van der Waals surface area contributed by atoms with Crippen LogP contribution in [0, 0.1) is 5.92 Å². The molecule has 1 fully saturated rings. The van der Waals surface area contributed by atoms with Crippen LogP contribution in [0.25, 0.3) is 0 Å². The Morgan fingerprint density at radius 2 is 2.30 bits per heavy atom. The van der Waals surface area contributed by atoms with E-state index in [1.807, 2.05) is 18.2 Å². The van der Waals surface area contributed by atoms with Crippen LogP contribution in [0.15, 0.2) is 24.3 Å². The van der Waals surface area contributed by atoms with E-state index in [0.29, 0.717) is 5.92 Å². The smallest absolute Gasteiger partial charge is 0.142 e. The first-order chi connectivity index (χ1) is 9.85. The highest BCUT2D eigenvalue weighted by Gasteiger charge is 2.25. The molecular weight excluding hydrogens is 252 g/mol. The molecule has 2 heterocycles. The molecule has 0 amide bonds. The normalized spacial score (nSPS) is 26.4. The first kappa shape index (κ1) is 13.7. The topological polar surface area (TPSA) is 33.7 Å². The maximum absolute atomic E-state index is 6.09. The van der Waals surface area contributed by atoms with Crippen LogP contribution < -0.4 is 10.1 Å². The van der Waals surface area contributed by atoms with Crippen molar-refractivity contribution < 1.29 is 9.47 Å². The molecule has 0 aliphatic carbocycles. The zero-order valence-electron chi connectivity index (χ0n) is 12.2. The monoisotopic (exact) mass is 276 g/mol. The van der Waals surface area contributed by atoms with Crippen LogP contribution in [0.1, 0.15) is 12.8 Å². The Morgan fingerprint density at radius 3 is 3.20 bits per heavy atom. The minimum atomic E-state index is 0.242. The van der Waals surface area contributed by atoms with Crippen molar-refractivity contribution in [2.45, 2.75) is 18.9 Å². The van der Waals surface area contributed by atoms with Gasteiger partial charge in [0.25, 0.3) is 0 Å². The Kier molecular flexibility index (Phi) is 4.43. The number of fused-ring (bicyclic) bond motifs is 1. The number of nitrogens with one attached hydrogen (secondary N) is 1. The van der Waals surface area contributed by atoms with Gasteiger partial charge in [0.1, 0.15) is 11.9 Å². The van der Waals surface area contributed by atoms with E-state index in [-0.39, 0.29) is 6.10 Å². The first-order valence-electron chi connectivity index (χ1n) is 7.56. The van der Waals surface area contributed by atoms with Crippen molar-refractivity contribution in [3.8, 4) is 5.75 Å². The average molecular weight is 276 g/mol. The molecule has 0 bridgehead atoms. The van der Waals surface area contributed by atoms with E-state index in [2.05, 4.69) is 16.3 Å². The Balaban J connectivity index is 1.54. The van der Waals surface area contributed by atoms with E-state index in [0.717, 1.165) is 37.7 Å². The molecule has 2 atom stereocenters. The van der Waals surface area contributed by atoms with Gasteiger partial charge in [0.2, 0.25) is 0 Å². The fraction of sp³-hybridized carbons (Fsp3) is 0.625. The fourth-order valence-corrected chi connectivity index (χ4v) is 3.24. The molecule has 2 aliphatic rings. The molecule has 110 valence electrons. The quantitative estimate of drug-likeness (QED) is 0.914. The second-order valence-electron chi connectivity index (χ2n) is 5.84. The zero-order chi connectivity index (χ0) is 13.8. The summed E-state index contributed by atoms with van der Waals surface area (Å²) in [5.41, 5.74) is 1.11. The predicted octanol–water partition coefficient (Wildman–Crippen LogP) is 2.22. The Hall–Kier alpha value is -1.26. The van der Waals surface area contributed by atoms with E-state index in [4.69, 9.17) is 9.47 Å². The highest BCUT2D eigenvalue weighted by molar-refractivity contribution is 5.57. The number of nitrogens with zero attached hydrogens (tertiary/aromatic N) is 1.